The topological polar surface area (TPSA) is 38.0 Å². The smallest absolute Gasteiger partial charge is 0.00203 e. The third-order valence-corrected chi connectivity index (χ3v) is 2.52. The van der Waals surface area contributed by atoms with Crippen molar-refractivity contribution in [1.29, 1.82) is 0 Å². The van der Waals surface area contributed by atoms with Gasteiger partial charge in [-0.15, -0.1) is 0 Å². The Balaban J connectivity index is 2.45. The summed E-state index contributed by atoms with van der Waals surface area (Å²) in [5, 5.41) is 3.34. The Labute approximate surface area is 56.8 Å². The van der Waals surface area contributed by atoms with Crippen molar-refractivity contribution in [2.45, 2.75) is 19.8 Å². The van der Waals surface area contributed by atoms with Crippen LogP contribution in [-0.2, 0) is 0 Å². The van der Waals surface area contributed by atoms with Gasteiger partial charge in [0.2, 0.25) is 0 Å². The van der Waals surface area contributed by atoms with Gasteiger partial charge in [0.25, 0.3) is 0 Å². The van der Waals surface area contributed by atoms with E-state index in [1.54, 1.807) is 0 Å². The first kappa shape index (κ1) is 7.03. The lowest BCUT2D eigenvalue weighted by Crippen LogP contribution is -2.31. The van der Waals surface area contributed by atoms with E-state index in [0.717, 1.165) is 19.6 Å². The second kappa shape index (κ2) is 2.67. The van der Waals surface area contributed by atoms with Gasteiger partial charge < -0.3 is 11.1 Å². The summed E-state index contributed by atoms with van der Waals surface area (Å²) in [6.07, 6.45) is 2.48. The second-order valence-corrected chi connectivity index (χ2v) is 2.98. The molecule has 3 N–H and O–H groups in total. The van der Waals surface area contributed by atoms with Crippen LogP contribution in [0.25, 0.3) is 0 Å². The predicted molar refractivity (Wildman–Crippen MR) is 39.3 cm³/mol. The maximum absolute atomic E-state index is 5.64. The van der Waals surface area contributed by atoms with Crippen molar-refractivity contribution in [2.75, 3.05) is 19.6 Å². The van der Waals surface area contributed by atoms with E-state index in [-0.39, 0.29) is 0 Å². The van der Waals surface area contributed by atoms with Crippen LogP contribution in [0.2, 0.25) is 0 Å². The maximum Gasteiger partial charge on any atom is 0.00203 e. The summed E-state index contributed by atoms with van der Waals surface area (Å²) >= 11 is 0. The first-order valence-corrected chi connectivity index (χ1v) is 3.74. The molecule has 1 heterocycles. The van der Waals surface area contributed by atoms with Crippen molar-refractivity contribution in [2.24, 2.45) is 11.1 Å². The van der Waals surface area contributed by atoms with Crippen molar-refractivity contribution >= 4 is 0 Å². The van der Waals surface area contributed by atoms with E-state index in [2.05, 4.69) is 12.2 Å². The standard InChI is InChI=1S/C7H16N2/c1-2-7(5-8)3-4-9-6-7/h9H,2-6,8H2,1H3/t7-/m0/s1. The zero-order valence-corrected chi connectivity index (χ0v) is 6.11. The fourth-order valence-corrected chi connectivity index (χ4v) is 1.42. The molecule has 1 saturated heterocycles. The first-order valence-electron chi connectivity index (χ1n) is 3.74. The molecule has 0 aromatic rings. The lowest BCUT2D eigenvalue weighted by molar-refractivity contribution is 0.322. The molecule has 0 radical (unpaired) electrons. The van der Waals surface area contributed by atoms with Crippen LogP contribution < -0.4 is 11.1 Å². The highest BCUT2D eigenvalue weighted by Crippen LogP contribution is 2.27. The van der Waals surface area contributed by atoms with Crippen LogP contribution in [-0.4, -0.2) is 19.6 Å². The van der Waals surface area contributed by atoms with E-state index < -0.39 is 0 Å². The molecule has 0 unspecified atom stereocenters. The molecule has 0 aliphatic carbocycles. The molecule has 0 amide bonds. The highest BCUT2D eigenvalue weighted by atomic mass is 14.9. The highest BCUT2D eigenvalue weighted by Gasteiger charge is 2.29. The van der Waals surface area contributed by atoms with Crippen molar-refractivity contribution in [3.63, 3.8) is 0 Å². The molecular weight excluding hydrogens is 112 g/mol. The van der Waals surface area contributed by atoms with Crippen LogP contribution in [0.3, 0.4) is 0 Å². The van der Waals surface area contributed by atoms with Gasteiger partial charge in [-0.1, -0.05) is 6.92 Å². The molecular formula is C7H16N2. The van der Waals surface area contributed by atoms with E-state index >= 15 is 0 Å². The Morgan fingerprint density at radius 3 is 2.67 bits per heavy atom. The number of rotatable bonds is 2. The van der Waals surface area contributed by atoms with E-state index in [1.807, 2.05) is 0 Å². The Kier molecular flexibility index (Phi) is 2.09. The summed E-state index contributed by atoms with van der Waals surface area (Å²) in [7, 11) is 0. The number of hydrogen-bond donors (Lipinski definition) is 2. The number of nitrogens with one attached hydrogen (secondary N) is 1. The van der Waals surface area contributed by atoms with Gasteiger partial charge in [0, 0.05) is 6.54 Å². The fourth-order valence-electron chi connectivity index (χ4n) is 1.42. The Bertz CT molecular complexity index is 78.9. The largest absolute Gasteiger partial charge is 0.330 e. The lowest BCUT2D eigenvalue weighted by atomic mass is 9.85. The summed E-state index contributed by atoms with van der Waals surface area (Å²) in [6, 6.07) is 0. The fraction of sp³-hybridized carbons (Fsp3) is 1.00. The average Bonchev–Trinajstić information content (AvgIpc) is 2.36. The van der Waals surface area contributed by atoms with E-state index in [4.69, 9.17) is 5.73 Å². The van der Waals surface area contributed by atoms with Crippen molar-refractivity contribution < 1.29 is 0 Å². The molecule has 1 atom stereocenters. The molecule has 9 heavy (non-hydrogen) atoms. The van der Waals surface area contributed by atoms with Crippen LogP contribution in [0.4, 0.5) is 0 Å². The van der Waals surface area contributed by atoms with Crippen LogP contribution in [0, 0.1) is 5.41 Å². The van der Waals surface area contributed by atoms with Gasteiger partial charge in [0.1, 0.15) is 0 Å². The molecule has 1 aliphatic heterocycles. The molecule has 0 saturated carbocycles. The molecule has 54 valence electrons. The van der Waals surface area contributed by atoms with Crippen molar-refractivity contribution in [1.82, 2.24) is 5.32 Å². The van der Waals surface area contributed by atoms with Gasteiger partial charge >= 0.3 is 0 Å². The zero-order valence-electron chi connectivity index (χ0n) is 6.11. The minimum atomic E-state index is 0.444. The third-order valence-electron chi connectivity index (χ3n) is 2.52. The van der Waals surface area contributed by atoms with Gasteiger partial charge in [-0.05, 0) is 31.3 Å². The minimum absolute atomic E-state index is 0.444. The Morgan fingerprint density at radius 1 is 1.67 bits per heavy atom. The molecule has 1 fully saturated rings. The summed E-state index contributed by atoms with van der Waals surface area (Å²) in [4.78, 5) is 0. The summed E-state index contributed by atoms with van der Waals surface area (Å²) < 4.78 is 0. The van der Waals surface area contributed by atoms with E-state index in [9.17, 15) is 0 Å². The van der Waals surface area contributed by atoms with Gasteiger partial charge in [0.05, 0.1) is 0 Å². The highest BCUT2D eigenvalue weighted by molar-refractivity contribution is 4.87. The maximum atomic E-state index is 5.64. The monoisotopic (exact) mass is 128 g/mol. The molecule has 1 rings (SSSR count). The van der Waals surface area contributed by atoms with E-state index in [0.29, 0.717) is 5.41 Å². The van der Waals surface area contributed by atoms with Crippen molar-refractivity contribution in [3.05, 3.63) is 0 Å². The minimum Gasteiger partial charge on any atom is -0.330 e. The van der Waals surface area contributed by atoms with Gasteiger partial charge in [-0.25, -0.2) is 0 Å². The Hall–Kier alpha value is -0.0800. The normalized spacial score (nSPS) is 35.3. The SMILES string of the molecule is CC[C@@]1(CN)CCNC1. The lowest BCUT2D eigenvalue weighted by Gasteiger charge is -2.23. The molecule has 0 bridgehead atoms. The van der Waals surface area contributed by atoms with Gasteiger partial charge in [-0.3, -0.25) is 0 Å². The van der Waals surface area contributed by atoms with Crippen LogP contribution in [0.15, 0.2) is 0 Å². The van der Waals surface area contributed by atoms with Crippen molar-refractivity contribution in [3.8, 4) is 0 Å². The van der Waals surface area contributed by atoms with Crippen LogP contribution in [0.1, 0.15) is 19.8 Å². The van der Waals surface area contributed by atoms with Gasteiger partial charge in [0.15, 0.2) is 0 Å². The predicted octanol–water partition coefficient (Wildman–Crippen LogP) is 0.335. The molecule has 0 aromatic heterocycles. The zero-order chi connectivity index (χ0) is 6.74. The second-order valence-electron chi connectivity index (χ2n) is 2.98. The number of hydrogen-bond acceptors (Lipinski definition) is 2. The van der Waals surface area contributed by atoms with E-state index in [1.165, 1.54) is 12.8 Å². The molecule has 2 nitrogen and oxygen atoms in total. The average molecular weight is 128 g/mol. The summed E-state index contributed by atoms with van der Waals surface area (Å²) in [5.74, 6) is 0. The molecule has 1 aliphatic rings. The summed E-state index contributed by atoms with van der Waals surface area (Å²) in [5.41, 5.74) is 6.08. The molecule has 0 aromatic carbocycles. The van der Waals surface area contributed by atoms with Gasteiger partial charge in [-0.2, -0.15) is 0 Å². The quantitative estimate of drug-likeness (QED) is 0.562. The number of nitrogens with two attached hydrogens (primary N) is 1. The summed E-state index contributed by atoms with van der Waals surface area (Å²) in [6.45, 7) is 5.35. The van der Waals surface area contributed by atoms with Crippen LogP contribution >= 0.6 is 0 Å². The van der Waals surface area contributed by atoms with Crippen LogP contribution in [0.5, 0.6) is 0 Å². The third kappa shape index (κ3) is 1.25. The Morgan fingerprint density at radius 2 is 2.44 bits per heavy atom. The molecule has 2 heteroatoms. The first-order chi connectivity index (χ1) is 4.33. The molecule has 0 spiro atoms.